The highest BCUT2D eigenvalue weighted by atomic mass is 32.2. The normalized spacial score (nSPS) is 18.6. The molecule has 1 aromatic rings. The fraction of sp³-hybridized carbons (Fsp3) is 0.667. The number of sulfonamides is 1. The van der Waals surface area contributed by atoms with Gasteiger partial charge in [-0.3, -0.25) is 4.90 Å². The number of benzene rings is 1. The van der Waals surface area contributed by atoms with Crippen LogP contribution in [0.3, 0.4) is 0 Å². The Labute approximate surface area is 146 Å². The summed E-state index contributed by atoms with van der Waals surface area (Å²) in [4.78, 5) is 2.40. The van der Waals surface area contributed by atoms with Crippen LogP contribution in [0.5, 0.6) is 0 Å². The Kier molecular flexibility index (Phi) is 7.22. The van der Waals surface area contributed by atoms with Crippen molar-refractivity contribution in [3.8, 4) is 0 Å². The van der Waals surface area contributed by atoms with Gasteiger partial charge in [-0.15, -0.1) is 0 Å². The lowest BCUT2D eigenvalue weighted by Gasteiger charge is -2.32. The minimum absolute atomic E-state index is 0.00800. The fourth-order valence-electron chi connectivity index (χ4n) is 3.25. The zero-order valence-electron chi connectivity index (χ0n) is 15.0. The Hall–Kier alpha value is -0.950. The van der Waals surface area contributed by atoms with Crippen molar-refractivity contribution >= 4 is 10.0 Å². The van der Waals surface area contributed by atoms with Gasteiger partial charge >= 0.3 is 0 Å². The Morgan fingerprint density at radius 2 is 1.96 bits per heavy atom. The van der Waals surface area contributed by atoms with Crippen LogP contribution in [0, 0.1) is 12.8 Å². The first-order chi connectivity index (χ1) is 11.4. The first-order valence-corrected chi connectivity index (χ1v) is 10.3. The van der Waals surface area contributed by atoms with Crippen LogP contribution < -0.4 is 4.72 Å². The molecule has 0 radical (unpaired) electrons. The number of piperidine rings is 1. The molecule has 0 saturated carbocycles. The largest absolute Gasteiger partial charge is 0.384 e. The van der Waals surface area contributed by atoms with Gasteiger partial charge in [0, 0.05) is 39.4 Å². The van der Waals surface area contributed by atoms with E-state index in [1.807, 2.05) is 6.92 Å². The van der Waals surface area contributed by atoms with Crippen molar-refractivity contribution in [3.05, 3.63) is 35.4 Å². The third-order valence-electron chi connectivity index (χ3n) is 4.54. The SMILES string of the molecule is COCC(C)CS(=O)(=O)NC1CCN(Cc2ccccc2C)CC1. The van der Waals surface area contributed by atoms with E-state index in [9.17, 15) is 8.42 Å². The van der Waals surface area contributed by atoms with Crippen LogP contribution in [0.4, 0.5) is 0 Å². The smallest absolute Gasteiger partial charge is 0.212 e. The van der Waals surface area contributed by atoms with Gasteiger partial charge in [-0.25, -0.2) is 13.1 Å². The molecular formula is C18H30N2O3S. The predicted octanol–water partition coefficient (Wildman–Crippen LogP) is 2.16. The predicted molar refractivity (Wildman–Crippen MR) is 97.4 cm³/mol. The van der Waals surface area contributed by atoms with Crippen molar-refractivity contribution in [2.45, 2.75) is 39.3 Å². The second-order valence-corrected chi connectivity index (χ2v) is 8.74. The van der Waals surface area contributed by atoms with Crippen LogP contribution >= 0.6 is 0 Å². The number of aryl methyl sites for hydroxylation is 1. The molecule has 0 aromatic heterocycles. The van der Waals surface area contributed by atoms with E-state index in [1.165, 1.54) is 11.1 Å². The molecule has 1 aliphatic heterocycles. The van der Waals surface area contributed by atoms with E-state index in [4.69, 9.17) is 4.74 Å². The molecule has 1 unspecified atom stereocenters. The minimum Gasteiger partial charge on any atom is -0.384 e. The van der Waals surface area contributed by atoms with E-state index < -0.39 is 10.0 Å². The minimum atomic E-state index is -3.23. The standard InChI is InChI=1S/C18H30N2O3S/c1-15(13-23-3)14-24(21,22)19-18-8-10-20(11-9-18)12-17-7-5-4-6-16(17)2/h4-7,15,18-19H,8-14H2,1-3H3. The van der Waals surface area contributed by atoms with E-state index in [1.54, 1.807) is 7.11 Å². The van der Waals surface area contributed by atoms with Gasteiger partial charge in [-0.05, 0) is 36.8 Å². The van der Waals surface area contributed by atoms with Crippen LogP contribution in [0.25, 0.3) is 0 Å². The van der Waals surface area contributed by atoms with E-state index in [0.29, 0.717) is 6.61 Å². The van der Waals surface area contributed by atoms with Gasteiger partial charge in [0.1, 0.15) is 0 Å². The lowest BCUT2D eigenvalue weighted by molar-refractivity contribution is 0.167. The van der Waals surface area contributed by atoms with E-state index >= 15 is 0 Å². The van der Waals surface area contributed by atoms with Gasteiger partial charge in [0.2, 0.25) is 10.0 Å². The van der Waals surface area contributed by atoms with Crippen LogP contribution in [-0.4, -0.2) is 51.9 Å². The third kappa shape index (κ3) is 6.16. The molecule has 2 rings (SSSR count). The molecule has 1 heterocycles. The van der Waals surface area contributed by atoms with Crippen molar-refractivity contribution in [1.29, 1.82) is 0 Å². The van der Waals surface area contributed by atoms with Gasteiger partial charge in [0.05, 0.1) is 5.75 Å². The Morgan fingerprint density at radius 1 is 1.29 bits per heavy atom. The van der Waals surface area contributed by atoms with Crippen molar-refractivity contribution in [3.63, 3.8) is 0 Å². The second kappa shape index (κ2) is 8.94. The lowest BCUT2D eigenvalue weighted by Crippen LogP contribution is -2.45. The van der Waals surface area contributed by atoms with Gasteiger partial charge in [0.15, 0.2) is 0 Å². The number of hydrogen-bond donors (Lipinski definition) is 1. The summed E-state index contributed by atoms with van der Waals surface area (Å²) < 4.78 is 32.3. The van der Waals surface area contributed by atoms with Crippen LogP contribution in [0.1, 0.15) is 30.9 Å². The summed E-state index contributed by atoms with van der Waals surface area (Å²) in [5.74, 6) is 0.137. The molecule has 0 spiro atoms. The molecule has 1 N–H and O–H groups in total. The highest BCUT2D eigenvalue weighted by Crippen LogP contribution is 2.17. The topological polar surface area (TPSA) is 58.6 Å². The molecule has 1 aliphatic rings. The maximum atomic E-state index is 12.2. The summed E-state index contributed by atoms with van der Waals surface area (Å²) in [6.07, 6.45) is 1.73. The Balaban J connectivity index is 1.79. The first kappa shape index (κ1) is 19.4. The first-order valence-electron chi connectivity index (χ1n) is 8.65. The Morgan fingerprint density at radius 3 is 2.58 bits per heavy atom. The average molecular weight is 355 g/mol. The number of methoxy groups -OCH3 is 1. The maximum Gasteiger partial charge on any atom is 0.212 e. The maximum absolute atomic E-state index is 12.2. The fourth-order valence-corrected chi connectivity index (χ4v) is 4.93. The molecule has 1 saturated heterocycles. The zero-order chi connectivity index (χ0) is 17.6. The van der Waals surface area contributed by atoms with Crippen molar-refractivity contribution < 1.29 is 13.2 Å². The number of likely N-dealkylation sites (tertiary alicyclic amines) is 1. The van der Waals surface area contributed by atoms with Crippen LogP contribution in [-0.2, 0) is 21.3 Å². The molecule has 5 nitrogen and oxygen atoms in total. The highest BCUT2D eigenvalue weighted by molar-refractivity contribution is 7.89. The van der Waals surface area contributed by atoms with Crippen molar-refractivity contribution in [2.75, 3.05) is 32.6 Å². The zero-order valence-corrected chi connectivity index (χ0v) is 15.8. The molecule has 6 heteroatoms. The third-order valence-corrected chi connectivity index (χ3v) is 6.24. The number of nitrogens with one attached hydrogen (secondary N) is 1. The van der Waals surface area contributed by atoms with Gasteiger partial charge in [-0.2, -0.15) is 0 Å². The molecule has 1 fully saturated rings. The van der Waals surface area contributed by atoms with Crippen LogP contribution in [0.2, 0.25) is 0 Å². The van der Waals surface area contributed by atoms with Crippen molar-refractivity contribution in [2.24, 2.45) is 5.92 Å². The highest BCUT2D eigenvalue weighted by Gasteiger charge is 2.24. The summed E-state index contributed by atoms with van der Waals surface area (Å²) in [6, 6.07) is 8.49. The van der Waals surface area contributed by atoms with E-state index in [0.717, 1.165) is 32.5 Å². The molecule has 1 atom stereocenters. The number of ether oxygens (including phenoxy) is 1. The molecular weight excluding hydrogens is 324 g/mol. The summed E-state index contributed by atoms with van der Waals surface area (Å²) in [6.45, 7) is 7.29. The quantitative estimate of drug-likeness (QED) is 0.777. The van der Waals surface area contributed by atoms with Gasteiger partial charge in [0.25, 0.3) is 0 Å². The molecule has 1 aromatic carbocycles. The number of hydrogen-bond acceptors (Lipinski definition) is 4. The van der Waals surface area contributed by atoms with Crippen LogP contribution in [0.15, 0.2) is 24.3 Å². The Bertz CT molecular complexity index is 610. The summed E-state index contributed by atoms with van der Waals surface area (Å²) in [7, 11) is -1.64. The number of rotatable bonds is 8. The van der Waals surface area contributed by atoms with E-state index in [2.05, 4.69) is 40.8 Å². The van der Waals surface area contributed by atoms with E-state index in [-0.39, 0.29) is 17.7 Å². The summed E-state index contributed by atoms with van der Waals surface area (Å²) >= 11 is 0. The van der Waals surface area contributed by atoms with Gasteiger partial charge in [-0.1, -0.05) is 31.2 Å². The molecule has 0 aliphatic carbocycles. The molecule has 136 valence electrons. The lowest BCUT2D eigenvalue weighted by atomic mass is 10.0. The molecule has 24 heavy (non-hydrogen) atoms. The average Bonchev–Trinajstić information content (AvgIpc) is 2.51. The number of nitrogens with zero attached hydrogens (tertiary/aromatic N) is 1. The van der Waals surface area contributed by atoms with Gasteiger partial charge < -0.3 is 4.74 Å². The summed E-state index contributed by atoms with van der Waals surface area (Å²) in [5.41, 5.74) is 2.66. The molecule has 0 bridgehead atoms. The monoisotopic (exact) mass is 354 g/mol. The van der Waals surface area contributed by atoms with Crippen molar-refractivity contribution in [1.82, 2.24) is 9.62 Å². The summed E-state index contributed by atoms with van der Waals surface area (Å²) in [5, 5.41) is 0. The second-order valence-electron chi connectivity index (χ2n) is 6.94. The molecule has 0 amide bonds.